The van der Waals surface area contributed by atoms with Crippen molar-refractivity contribution in [3.05, 3.63) is 42.2 Å². The molecule has 0 atom stereocenters. The summed E-state index contributed by atoms with van der Waals surface area (Å²) < 4.78 is 36.7. The predicted molar refractivity (Wildman–Crippen MR) is 69.1 cm³/mol. The van der Waals surface area contributed by atoms with Crippen molar-refractivity contribution < 1.29 is 13.2 Å². The van der Waals surface area contributed by atoms with E-state index in [2.05, 4.69) is 15.5 Å². The van der Waals surface area contributed by atoms with Gasteiger partial charge in [0.2, 0.25) is 0 Å². The van der Waals surface area contributed by atoms with Crippen molar-refractivity contribution in [3.63, 3.8) is 0 Å². The third-order valence-corrected chi connectivity index (χ3v) is 3.44. The van der Waals surface area contributed by atoms with Gasteiger partial charge in [0, 0.05) is 16.8 Å². The Morgan fingerprint density at radius 2 is 2.00 bits per heavy atom. The molecule has 0 aliphatic rings. The van der Waals surface area contributed by atoms with Crippen molar-refractivity contribution in [3.8, 4) is 0 Å². The Labute approximate surface area is 112 Å². The van der Waals surface area contributed by atoms with Crippen molar-refractivity contribution in [1.82, 2.24) is 10.2 Å². The molecule has 0 aliphatic carbocycles. The second kappa shape index (κ2) is 6.01. The van der Waals surface area contributed by atoms with Gasteiger partial charge < -0.3 is 5.32 Å². The van der Waals surface area contributed by atoms with E-state index in [-0.39, 0.29) is 0 Å². The number of para-hydroxylation sites is 1. The number of alkyl halides is 3. The number of hydrogen-bond acceptors (Lipinski definition) is 3. The third kappa shape index (κ3) is 4.51. The first kappa shape index (κ1) is 13.8. The van der Waals surface area contributed by atoms with Gasteiger partial charge in [-0.25, -0.2) is 0 Å². The molecule has 0 amide bonds. The van der Waals surface area contributed by atoms with E-state index in [1.807, 2.05) is 0 Å². The molecule has 2 aromatic rings. The highest BCUT2D eigenvalue weighted by atomic mass is 32.2. The molecule has 1 aromatic heterocycles. The molecule has 0 aliphatic heterocycles. The molecule has 3 nitrogen and oxygen atoms in total. The number of hydrogen-bond donors (Lipinski definition) is 2. The van der Waals surface area contributed by atoms with Crippen LogP contribution in [0.25, 0.3) is 0 Å². The smallest absolute Gasteiger partial charge is 0.379 e. The molecule has 0 bridgehead atoms. The standard InChI is InChI=1S/C12H12F3N3S/c13-12(14,15)8-19-11-4-2-1-3-10(11)16-7-9-5-6-17-18-9/h1-6,16H,7-8H2,(H,17,18). The molecule has 0 fully saturated rings. The van der Waals surface area contributed by atoms with E-state index in [1.165, 1.54) is 0 Å². The highest BCUT2D eigenvalue weighted by molar-refractivity contribution is 7.99. The minimum Gasteiger partial charge on any atom is -0.379 e. The second-order valence-electron chi connectivity index (χ2n) is 3.84. The van der Waals surface area contributed by atoms with Gasteiger partial charge in [0.1, 0.15) is 0 Å². The van der Waals surface area contributed by atoms with Crippen LogP contribution in [0.15, 0.2) is 41.4 Å². The maximum Gasteiger partial charge on any atom is 0.398 e. The summed E-state index contributed by atoms with van der Waals surface area (Å²) in [4.78, 5) is 0.583. The lowest BCUT2D eigenvalue weighted by Crippen LogP contribution is -2.11. The minimum absolute atomic E-state index is 0.490. The monoisotopic (exact) mass is 287 g/mol. The van der Waals surface area contributed by atoms with Crippen LogP contribution in [-0.2, 0) is 6.54 Å². The van der Waals surface area contributed by atoms with Crippen molar-refractivity contribution >= 4 is 17.4 Å². The molecular weight excluding hydrogens is 275 g/mol. The normalized spacial score (nSPS) is 11.5. The van der Waals surface area contributed by atoms with Gasteiger partial charge in [-0.05, 0) is 18.2 Å². The zero-order chi connectivity index (χ0) is 13.7. The van der Waals surface area contributed by atoms with Gasteiger partial charge >= 0.3 is 6.18 Å². The lowest BCUT2D eigenvalue weighted by Gasteiger charge is -2.12. The fourth-order valence-corrected chi connectivity index (χ4v) is 2.26. The first-order valence-electron chi connectivity index (χ1n) is 5.55. The van der Waals surface area contributed by atoms with Crippen LogP contribution in [0.3, 0.4) is 0 Å². The summed E-state index contributed by atoms with van der Waals surface area (Å²) >= 11 is 0.778. The van der Waals surface area contributed by atoms with Crippen molar-refractivity contribution in [1.29, 1.82) is 0 Å². The van der Waals surface area contributed by atoms with Gasteiger partial charge in [0.05, 0.1) is 18.0 Å². The molecule has 2 rings (SSSR count). The zero-order valence-electron chi connectivity index (χ0n) is 9.87. The molecule has 0 spiro atoms. The predicted octanol–water partition coefficient (Wildman–Crippen LogP) is 3.68. The van der Waals surface area contributed by atoms with Gasteiger partial charge in [0.15, 0.2) is 0 Å². The molecule has 0 radical (unpaired) electrons. The van der Waals surface area contributed by atoms with E-state index in [4.69, 9.17) is 0 Å². The average Bonchev–Trinajstić information content (AvgIpc) is 2.87. The topological polar surface area (TPSA) is 40.7 Å². The van der Waals surface area contributed by atoms with Gasteiger partial charge in [-0.3, -0.25) is 5.10 Å². The van der Waals surface area contributed by atoms with E-state index < -0.39 is 11.9 Å². The minimum atomic E-state index is -4.17. The van der Waals surface area contributed by atoms with Crippen molar-refractivity contribution in [2.45, 2.75) is 17.6 Å². The fourth-order valence-electron chi connectivity index (χ4n) is 1.47. The van der Waals surface area contributed by atoms with Crippen LogP contribution in [0.5, 0.6) is 0 Å². The molecule has 0 unspecified atom stereocenters. The Bertz CT molecular complexity index is 511. The number of aromatic amines is 1. The number of nitrogens with zero attached hydrogens (tertiary/aromatic N) is 1. The third-order valence-electron chi connectivity index (χ3n) is 2.31. The Hall–Kier alpha value is -1.63. The number of nitrogens with one attached hydrogen (secondary N) is 2. The number of benzene rings is 1. The summed E-state index contributed by atoms with van der Waals surface area (Å²) in [5.41, 5.74) is 1.56. The Kier molecular flexibility index (Phi) is 4.36. The fraction of sp³-hybridized carbons (Fsp3) is 0.250. The molecule has 7 heteroatoms. The van der Waals surface area contributed by atoms with Crippen LogP contribution in [0, 0.1) is 0 Å². The number of H-pyrrole nitrogens is 1. The molecular formula is C12H12F3N3S. The van der Waals surface area contributed by atoms with E-state index in [0.29, 0.717) is 17.1 Å². The van der Waals surface area contributed by atoms with Crippen LogP contribution >= 0.6 is 11.8 Å². The summed E-state index contributed by atoms with van der Waals surface area (Å²) in [6.45, 7) is 0.490. The second-order valence-corrected chi connectivity index (χ2v) is 4.85. The molecule has 1 aromatic carbocycles. The van der Waals surface area contributed by atoms with Crippen molar-refractivity contribution in [2.24, 2.45) is 0 Å². The molecule has 0 saturated carbocycles. The SMILES string of the molecule is FC(F)(F)CSc1ccccc1NCc1ccn[nH]1. The number of anilines is 1. The lowest BCUT2D eigenvalue weighted by molar-refractivity contribution is -0.105. The van der Waals surface area contributed by atoms with Crippen LogP contribution in [0.1, 0.15) is 5.69 Å². The van der Waals surface area contributed by atoms with Gasteiger partial charge in [-0.15, -0.1) is 11.8 Å². The first-order chi connectivity index (χ1) is 9.04. The first-order valence-corrected chi connectivity index (χ1v) is 6.54. The molecule has 0 saturated heterocycles. The van der Waals surface area contributed by atoms with Crippen LogP contribution < -0.4 is 5.32 Å². The van der Waals surface area contributed by atoms with Crippen LogP contribution in [0.4, 0.5) is 18.9 Å². The number of thioether (sulfide) groups is 1. The van der Waals surface area contributed by atoms with E-state index in [9.17, 15) is 13.2 Å². The number of halogens is 3. The van der Waals surface area contributed by atoms with E-state index >= 15 is 0 Å². The van der Waals surface area contributed by atoms with Gasteiger partial charge in [-0.1, -0.05) is 12.1 Å². The molecule has 1 heterocycles. The Balaban J connectivity index is 1.99. The Morgan fingerprint density at radius 1 is 1.21 bits per heavy atom. The van der Waals surface area contributed by atoms with Crippen LogP contribution in [0.2, 0.25) is 0 Å². The van der Waals surface area contributed by atoms with E-state index in [0.717, 1.165) is 17.5 Å². The van der Waals surface area contributed by atoms with Gasteiger partial charge in [-0.2, -0.15) is 18.3 Å². The quantitative estimate of drug-likeness (QED) is 0.824. The maximum absolute atomic E-state index is 12.2. The zero-order valence-corrected chi connectivity index (χ0v) is 10.7. The summed E-state index contributed by atoms with van der Waals surface area (Å²) in [5.74, 6) is -0.893. The van der Waals surface area contributed by atoms with E-state index in [1.54, 1.807) is 36.5 Å². The summed E-state index contributed by atoms with van der Waals surface area (Å²) in [6.07, 6.45) is -2.54. The summed E-state index contributed by atoms with van der Waals surface area (Å²) in [7, 11) is 0. The molecule has 2 N–H and O–H groups in total. The largest absolute Gasteiger partial charge is 0.398 e. The van der Waals surface area contributed by atoms with Crippen molar-refractivity contribution in [2.75, 3.05) is 11.1 Å². The summed E-state index contributed by atoms with van der Waals surface area (Å²) in [5, 5.41) is 9.68. The number of rotatable bonds is 5. The highest BCUT2D eigenvalue weighted by Crippen LogP contribution is 2.32. The molecule has 19 heavy (non-hydrogen) atoms. The number of aromatic nitrogens is 2. The van der Waals surface area contributed by atoms with Crippen LogP contribution in [-0.4, -0.2) is 22.1 Å². The molecule has 102 valence electrons. The van der Waals surface area contributed by atoms with Gasteiger partial charge in [0.25, 0.3) is 0 Å². The summed E-state index contributed by atoms with van der Waals surface area (Å²) in [6, 6.07) is 8.74. The average molecular weight is 287 g/mol. The lowest BCUT2D eigenvalue weighted by atomic mass is 10.3. The maximum atomic E-state index is 12.2. The Morgan fingerprint density at radius 3 is 2.68 bits per heavy atom. The highest BCUT2D eigenvalue weighted by Gasteiger charge is 2.27.